The van der Waals surface area contributed by atoms with Crippen LogP contribution in [-0.4, -0.2) is 27.7 Å². The number of rotatable bonds is 6. The second-order valence-corrected chi connectivity index (χ2v) is 4.70. The lowest BCUT2D eigenvalue weighted by atomic mass is 10.0. The van der Waals surface area contributed by atoms with E-state index in [-0.39, 0.29) is 12.3 Å². The predicted molar refractivity (Wildman–Crippen MR) is 80.6 cm³/mol. The van der Waals surface area contributed by atoms with Gasteiger partial charge in [-0.3, -0.25) is 15.2 Å². The van der Waals surface area contributed by atoms with Gasteiger partial charge in [-0.15, -0.1) is 0 Å². The molecule has 7 nitrogen and oxygen atoms in total. The quantitative estimate of drug-likeness (QED) is 0.502. The van der Waals surface area contributed by atoms with Crippen LogP contribution in [0.1, 0.15) is 36.3 Å². The summed E-state index contributed by atoms with van der Waals surface area (Å²) < 4.78 is 5.02. The number of nitrogens with one attached hydrogen (secondary N) is 1. The maximum atomic E-state index is 11.9. The van der Waals surface area contributed by atoms with Gasteiger partial charge in [0.05, 0.1) is 17.2 Å². The number of carbonyl (C=O) groups excluding carboxylic acids is 1. The summed E-state index contributed by atoms with van der Waals surface area (Å²) in [6.07, 6.45) is 1.50. The van der Waals surface area contributed by atoms with Crippen LogP contribution >= 0.6 is 0 Å². The van der Waals surface area contributed by atoms with Crippen LogP contribution in [0.2, 0.25) is 0 Å². The number of carbonyl (C=O) groups is 1. The van der Waals surface area contributed by atoms with E-state index in [4.69, 9.17) is 4.74 Å². The number of esters is 1. The number of ether oxygens (including phenoxy) is 1. The van der Waals surface area contributed by atoms with Crippen molar-refractivity contribution in [3.8, 4) is 11.3 Å². The zero-order valence-corrected chi connectivity index (χ0v) is 12.5. The highest BCUT2D eigenvalue weighted by Crippen LogP contribution is 2.27. The standard InChI is InChI=1S/C15H17N3O4/c1-3-5-12-13(16-17-14(12)15(19)22-4-2)10-6-8-11(9-7-10)18(20)21/h6-9H,3-5H2,1-2H3,(H,16,17). The Bertz CT molecular complexity index is 677. The summed E-state index contributed by atoms with van der Waals surface area (Å²) in [5, 5.41) is 17.6. The molecule has 2 aromatic rings. The molecular formula is C15H17N3O4. The highest BCUT2D eigenvalue weighted by molar-refractivity contribution is 5.91. The molecule has 0 aliphatic rings. The summed E-state index contributed by atoms with van der Waals surface area (Å²) in [6.45, 7) is 4.03. The lowest BCUT2D eigenvalue weighted by molar-refractivity contribution is -0.384. The Kier molecular flexibility index (Phi) is 4.88. The van der Waals surface area contributed by atoms with Crippen LogP contribution in [0.3, 0.4) is 0 Å². The summed E-state index contributed by atoms with van der Waals surface area (Å²) in [4.78, 5) is 22.2. The molecular weight excluding hydrogens is 286 g/mol. The maximum Gasteiger partial charge on any atom is 0.356 e. The molecule has 1 heterocycles. The van der Waals surface area contributed by atoms with Crippen LogP contribution in [0.4, 0.5) is 5.69 Å². The Balaban J connectivity index is 2.41. The van der Waals surface area contributed by atoms with Crippen LogP contribution in [-0.2, 0) is 11.2 Å². The summed E-state index contributed by atoms with van der Waals surface area (Å²) in [6, 6.07) is 6.10. The van der Waals surface area contributed by atoms with Crippen LogP contribution in [0.25, 0.3) is 11.3 Å². The minimum atomic E-state index is -0.453. The second kappa shape index (κ2) is 6.84. The minimum Gasteiger partial charge on any atom is -0.461 e. The predicted octanol–water partition coefficient (Wildman–Crippen LogP) is 3.11. The third kappa shape index (κ3) is 3.13. The van der Waals surface area contributed by atoms with Crippen molar-refractivity contribution in [2.24, 2.45) is 0 Å². The number of nitro benzene ring substituents is 1. The van der Waals surface area contributed by atoms with Gasteiger partial charge in [0.2, 0.25) is 0 Å². The molecule has 2 rings (SSSR count). The molecule has 1 aromatic heterocycles. The van der Waals surface area contributed by atoms with Crippen molar-refractivity contribution in [2.75, 3.05) is 6.61 Å². The second-order valence-electron chi connectivity index (χ2n) is 4.70. The average molecular weight is 303 g/mol. The molecule has 7 heteroatoms. The first kappa shape index (κ1) is 15.7. The van der Waals surface area contributed by atoms with Crippen molar-refractivity contribution in [3.05, 3.63) is 45.6 Å². The molecule has 0 radical (unpaired) electrons. The van der Waals surface area contributed by atoms with E-state index in [1.807, 2.05) is 6.92 Å². The van der Waals surface area contributed by atoms with Crippen molar-refractivity contribution >= 4 is 11.7 Å². The average Bonchev–Trinajstić information content (AvgIpc) is 2.92. The van der Waals surface area contributed by atoms with E-state index >= 15 is 0 Å². The Morgan fingerprint density at radius 1 is 1.32 bits per heavy atom. The molecule has 0 saturated heterocycles. The first-order valence-corrected chi connectivity index (χ1v) is 7.07. The summed E-state index contributed by atoms with van der Waals surface area (Å²) in [7, 11) is 0. The highest BCUT2D eigenvalue weighted by atomic mass is 16.6. The van der Waals surface area contributed by atoms with E-state index in [1.54, 1.807) is 19.1 Å². The summed E-state index contributed by atoms with van der Waals surface area (Å²) >= 11 is 0. The van der Waals surface area contributed by atoms with Gasteiger partial charge in [0.1, 0.15) is 5.69 Å². The van der Waals surface area contributed by atoms with Crippen LogP contribution < -0.4 is 0 Å². The number of hydrogen-bond acceptors (Lipinski definition) is 5. The first-order valence-electron chi connectivity index (χ1n) is 7.07. The molecule has 22 heavy (non-hydrogen) atoms. The van der Waals surface area contributed by atoms with Gasteiger partial charge in [-0.25, -0.2) is 4.79 Å². The Morgan fingerprint density at radius 2 is 2.00 bits per heavy atom. The zero-order valence-electron chi connectivity index (χ0n) is 12.5. The van der Waals surface area contributed by atoms with E-state index in [0.29, 0.717) is 17.8 Å². The lowest BCUT2D eigenvalue weighted by Crippen LogP contribution is -2.08. The van der Waals surface area contributed by atoms with Crippen molar-refractivity contribution in [3.63, 3.8) is 0 Å². The SMILES string of the molecule is CCCc1c(-c2ccc([N+](=O)[O-])cc2)n[nH]c1C(=O)OCC. The normalized spacial score (nSPS) is 10.5. The summed E-state index contributed by atoms with van der Waals surface area (Å²) in [5.74, 6) is -0.438. The van der Waals surface area contributed by atoms with Gasteiger partial charge in [-0.2, -0.15) is 5.10 Å². The number of non-ortho nitro benzene ring substituents is 1. The molecule has 0 unspecified atom stereocenters. The smallest absolute Gasteiger partial charge is 0.356 e. The van der Waals surface area contributed by atoms with Gasteiger partial charge >= 0.3 is 5.97 Å². The number of benzene rings is 1. The topological polar surface area (TPSA) is 98.1 Å². The molecule has 1 N–H and O–H groups in total. The molecule has 0 fully saturated rings. The fourth-order valence-corrected chi connectivity index (χ4v) is 2.21. The maximum absolute atomic E-state index is 11.9. The van der Waals surface area contributed by atoms with Gasteiger partial charge in [0.15, 0.2) is 0 Å². The fraction of sp³-hybridized carbons (Fsp3) is 0.333. The zero-order chi connectivity index (χ0) is 16.1. The van der Waals surface area contributed by atoms with Gasteiger partial charge in [-0.1, -0.05) is 13.3 Å². The van der Waals surface area contributed by atoms with Gasteiger partial charge in [0, 0.05) is 23.3 Å². The van der Waals surface area contributed by atoms with Gasteiger partial charge in [0.25, 0.3) is 5.69 Å². The molecule has 0 aliphatic carbocycles. The number of hydrogen-bond donors (Lipinski definition) is 1. The van der Waals surface area contributed by atoms with Crippen LogP contribution in [0.5, 0.6) is 0 Å². The molecule has 116 valence electrons. The van der Waals surface area contributed by atoms with E-state index in [9.17, 15) is 14.9 Å². The first-order chi connectivity index (χ1) is 10.6. The number of aromatic nitrogens is 2. The fourth-order valence-electron chi connectivity index (χ4n) is 2.21. The Hall–Kier alpha value is -2.70. The van der Waals surface area contributed by atoms with Crippen molar-refractivity contribution in [1.29, 1.82) is 0 Å². The monoisotopic (exact) mass is 303 g/mol. The summed E-state index contributed by atoms with van der Waals surface area (Å²) in [5.41, 5.74) is 2.48. The number of nitrogens with zero attached hydrogens (tertiary/aromatic N) is 2. The number of nitro groups is 1. The molecule has 0 saturated carbocycles. The molecule has 1 aromatic carbocycles. The van der Waals surface area contributed by atoms with Crippen molar-refractivity contribution in [2.45, 2.75) is 26.7 Å². The van der Waals surface area contributed by atoms with Crippen LogP contribution in [0, 0.1) is 10.1 Å². The van der Waals surface area contributed by atoms with Crippen molar-refractivity contribution < 1.29 is 14.5 Å². The minimum absolute atomic E-state index is 0.0157. The molecule has 0 amide bonds. The van der Waals surface area contributed by atoms with E-state index < -0.39 is 10.9 Å². The lowest BCUT2D eigenvalue weighted by Gasteiger charge is -2.04. The molecule has 0 spiro atoms. The largest absolute Gasteiger partial charge is 0.461 e. The van der Waals surface area contributed by atoms with Crippen LogP contribution in [0.15, 0.2) is 24.3 Å². The highest BCUT2D eigenvalue weighted by Gasteiger charge is 2.20. The van der Waals surface area contributed by atoms with E-state index in [0.717, 1.165) is 17.5 Å². The van der Waals surface area contributed by atoms with Gasteiger partial charge < -0.3 is 4.74 Å². The molecule has 0 bridgehead atoms. The number of aromatic amines is 1. The Labute approximate surface area is 127 Å². The number of H-pyrrole nitrogens is 1. The molecule has 0 aliphatic heterocycles. The van der Waals surface area contributed by atoms with E-state index in [2.05, 4.69) is 10.2 Å². The third-order valence-corrected chi connectivity index (χ3v) is 3.20. The third-order valence-electron chi connectivity index (χ3n) is 3.20. The van der Waals surface area contributed by atoms with Crippen molar-refractivity contribution in [1.82, 2.24) is 10.2 Å². The Morgan fingerprint density at radius 3 is 2.55 bits per heavy atom. The van der Waals surface area contributed by atoms with E-state index in [1.165, 1.54) is 12.1 Å². The molecule has 0 atom stereocenters. The van der Waals surface area contributed by atoms with Gasteiger partial charge in [-0.05, 0) is 25.5 Å².